The van der Waals surface area contributed by atoms with Crippen LogP contribution < -0.4 is 0 Å². The van der Waals surface area contributed by atoms with Crippen LogP contribution in [0.1, 0.15) is 48.5 Å². The van der Waals surface area contributed by atoms with Crippen molar-refractivity contribution in [2.24, 2.45) is 4.99 Å². The van der Waals surface area contributed by atoms with Crippen molar-refractivity contribution in [3.05, 3.63) is 84.1 Å². The van der Waals surface area contributed by atoms with Gasteiger partial charge in [-0.2, -0.15) is 0 Å². The molecule has 146 valence electrons. The van der Waals surface area contributed by atoms with Gasteiger partial charge in [0.1, 0.15) is 0 Å². The summed E-state index contributed by atoms with van der Waals surface area (Å²) >= 11 is 2.36. The summed E-state index contributed by atoms with van der Waals surface area (Å²) in [4.78, 5) is 4.53. The molecule has 0 unspecified atom stereocenters. The molecule has 0 saturated heterocycles. The summed E-state index contributed by atoms with van der Waals surface area (Å²) in [6.45, 7) is 17.9. The maximum atomic E-state index is 4.53. The molecule has 26 heavy (non-hydrogen) atoms. The lowest BCUT2D eigenvalue weighted by molar-refractivity contribution is 1.40. The van der Waals surface area contributed by atoms with Crippen LogP contribution in [0.2, 0.25) is 0 Å². The molecule has 0 aromatic rings. The van der Waals surface area contributed by atoms with Crippen LogP contribution in [0.3, 0.4) is 0 Å². The Hall–Kier alpha value is -1.42. The van der Waals surface area contributed by atoms with Crippen molar-refractivity contribution < 1.29 is 0 Å². The first-order valence-electron chi connectivity index (χ1n) is 9.35. The number of rotatable bonds is 8. The van der Waals surface area contributed by atoms with E-state index in [1.54, 1.807) is 6.08 Å². The van der Waals surface area contributed by atoms with Gasteiger partial charge in [-0.1, -0.05) is 118 Å². The highest BCUT2D eigenvalue weighted by molar-refractivity contribution is 14.1. The first-order valence-corrected chi connectivity index (χ1v) is 10.9. The summed E-state index contributed by atoms with van der Waals surface area (Å²) in [5, 5.41) is 0. The molecule has 0 spiro atoms. The van der Waals surface area contributed by atoms with E-state index in [9.17, 15) is 0 Å². The second-order valence-electron chi connectivity index (χ2n) is 4.35. The van der Waals surface area contributed by atoms with Crippen molar-refractivity contribution in [2.45, 2.75) is 48.5 Å². The van der Waals surface area contributed by atoms with Gasteiger partial charge in [-0.05, 0) is 31.9 Å². The van der Waals surface area contributed by atoms with Gasteiger partial charge in [0.25, 0.3) is 0 Å². The Balaban J connectivity index is -0.00000123. The van der Waals surface area contributed by atoms with Crippen molar-refractivity contribution in [3.63, 3.8) is 0 Å². The van der Waals surface area contributed by atoms with Crippen molar-refractivity contribution >= 4 is 28.3 Å². The number of alkyl halides is 1. The Morgan fingerprint density at radius 2 is 1.42 bits per heavy atom. The van der Waals surface area contributed by atoms with Crippen LogP contribution in [0.5, 0.6) is 0 Å². The molecule has 0 N–H and O–H groups in total. The molecule has 0 amide bonds. The van der Waals surface area contributed by atoms with Gasteiger partial charge in [-0.3, -0.25) is 4.99 Å². The second kappa shape index (κ2) is 23.6. The summed E-state index contributed by atoms with van der Waals surface area (Å²) < 4.78 is 0.925. The molecule has 0 bridgehead atoms. The third-order valence-electron chi connectivity index (χ3n) is 2.80. The molecule has 0 aromatic heterocycles. The van der Waals surface area contributed by atoms with Gasteiger partial charge in [0.05, 0.1) is 5.71 Å². The highest BCUT2D eigenvalue weighted by Gasteiger charge is 2.12. The molecule has 1 nitrogen and oxygen atoms in total. The van der Waals surface area contributed by atoms with Gasteiger partial charge in [0, 0.05) is 17.0 Å². The summed E-state index contributed by atoms with van der Waals surface area (Å²) in [5.74, 6) is 0. The average Bonchev–Trinajstić information content (AvgIpc) is 2.68. The second-order valence-corrected chi connectivity index (χ2v) is 5.23. The summed E-state index contributed by atoms with van der Waals surface area (Å²) in [5.41, 5.74) is 4.33. The van der Waals surface area contributed by atoms with Gasteiger partial charge < -0.3 is 0 Å². The highest BCUT2D eigenvalue weighted by atomic mass is 127. The Bertz CT molecular complexity index is 553. The number of aliphatic imine (C=N–C) groups is 1. The Labute approximate surface area is 176 Å². The first kappa shape index (κ1) is 29.3. The normalized spacial score (nSPS) is 13.6. The zero-order valence-corrected chi connectivity index (χ0v) is 20.2. The molecule has 0 aromatic carbocycles. The van der Waals surface area contributed by atoms with Gasteiger partial charge in [-0.15, -0.1) is 0 Å². The maximum absolute atomic E-state index is 4.53. The summed E-state index contributed by atoms with van der Waals surface area (Å²) in [7, 11) is 1.83. The van der Waals surface area contributed by atoms with Crippen LogP contribution in [0.4, 0.5) is 0 Å². The predicted molar refractivity (Wildman–Crippen MR) is 134 cm³/mol. The van der Waals surface area contributed by atoms with E-state index in [4.69, 9.17) is 0 Å². The number of hydrogen-bond acceptors (Lipinski definition) is 1. The average molecular weight is 467 g/mol. The third-order valence-corrected chi connectivity index (χ3v) is 3.24. The molecular formula is C24H38IN. The lowest BCUT2D eigenvalue weighted by Crippen LogP contribution is -2.08. The van der Waals surface area contributed by atoms with E-state index < -0.39 is 0 Å². The SMILES string of the molecule is C=C/C=C(\C=C/C)C(=NC)C(=C/CI)/C(/C=C\C)=C/C=C\C.CC.CC. The number of halogens is 1. The van der Waals surface area contributed by atoms with E-state index in [2.05, 4.69) is 70.6 Å². The van der Waals surface area contributed by atoms with Crippen LogP contribution in [0.25, 0.3) is 0 Å². The standard InChI is InChI=1S/C20H26IN.2C2H6/c1-6-10-14-17(11-7-2)19(15-16-21)20(22-5)18(12-8-3)13-9-4;2*1-2/h6-15H,3,16H2,1-2,4-5H3;2*1-2H3/b10-6-,11-7-,13-9-,17-14+,18-12+,19-15+,22-20?;;. The molecular weight excluding hydrogens is 429 g/mol. The fraction of sp³-hybridized carbons (Fsp3) is 0.375. The van der Waals surface area contributed by atoms with E-state index in [-0.39, 0.29) is 0 Å². The lowest BCUT2D eigenvalue weighted by atomic mass is 9.94. The van der Waals surface area contributed by atoms with Crippen molar-refractivity contribution in [3.8, 4) is 0 Å². The van der Waals surface area contributed by atoms with Crippen LogP contribution in [-0.4, -0.2) is 17.2 Å². The molecule has 0 radical (unpaired) electrons. The highest BCUT2D eigenvalue weighted by Crippen LogP contribution is 2.21. The monoisotopic (exact) mass is 467 g/mol. The number of allylic oxidation sites excluding steroid dienone is 13. The van der Waals surface area contributed by atoms with Gasteiger partial charge in [-0.25, -0.2) is 0 Å². The van der Waals surface area contributed by atoms with Crippen LogP contribution in [0, 0.1) is 0 Å². The predicted octanol–water partition coefficient (Wildman–Crippen LogP) is 8.24. The van der Waals surface area contributed by atoms with Crippen LogP contribution >= 0.6 is 22.6 Å². The van der Waals surface area contributed by atoms with Gasteiger partial charge in [0.2, 0.25) is 0 Å². The molecule has 0 aliphatic carbocycles. The minimum absolute atomic E-state index is 0.925. The molecule has 2 heteroatoms. The first-order chi connectivity index (χ1) is 12.7. The van der Waals surface area contributed by atoms with E-state index in [0.29, 0.717) is 0 Å². The fourth-order valence-corrected chi connectivity index (χ4v) is 2.41. The topological polar surface area (TPSA) is 12.4 Å². The van der Waals surface area contributed by atoms with Gasteiger partial charge in [0.15, 0.2) is 0 Å². The van der Waals surface area contributed by atoms with E-state index in [1.807, 2.05) is 73.7 Å². The lowest BCUT2D eigenvalue weighted by Gasteiger charge is -2.13. The largest absolute Gasteiger partial charge is 0.287 e. The number of hydrogen-bond donors (Lipinski definition) is 0. The quantitative estimate of drug-likeness (QED) is 0.148. The minimum Gasteiger partial charge on any atom is -0.287 e. The molecule has 0 heterocycles. The van der Waals surface area contributed by atoms with Crippen molar-refractivity contribution in [2.75, 3.05) is 11.5 Å². The molecule has 0 fully saturated rings. The Morgan fingerprint density at radius 1 is 0.885 bits per heavy atom. The van der Waals surface area contributed by atoms with E-state index >= 15 is 0 Å². The maximum Gasteiger partial charge on any atom is 0.0718 e. The molecule has 0 rings (SSSR count). The van der Waals surface area contributed by atoms with Crippen LogP contribution in [0.15, 0.2) is 89.1 Å². The van der Waals surface area contributed by atoms with Gasteiger partial charge >= 0.3 is 0 Å². The van der Waals surface area contributed by atoms with E-state index in [0.717, 1.165) is 26.9 Å². The minimum atomic E-state index is 0.925. The van der Waals surface area contributed by atoms with Crippen molar-refractivity contribution in [1.29, 1.82) is 0 Å². The fourth-order valence-electron chi connectivity index (χ4n) is 1.97. The van der Waals surface area contributed by atoms with E-state index in [1.165, 1.54) is 0 Å². The number of nitrogens with zero attached hydrogens (tertiary/aromatic N) is 1. The molecule has 0 aliphatic heterocycles. The summed E-state index contributed by atoms with van der Waals surface area (Å²) in [6.07, 6.45) is 20.4. The Morgan fingerprint density at radius 3 is 1.81 bits per heavy atom. The third kappa shape index (κ3) is 12.9. The zero-order chi connectivity index (χ0) is 20.8. The summed E-state index contributed by atoms with van der Waals surface area (Å²) in [6, 6.07) is 0. The van der Waals surface area contributed by atoms with Crippen molar-refractivity contribution in [1.82, 2.24) is 0 Å². The zero-order valence-electron chi connectivity index (χ0n) is 18.0. The molecule has 0 saturated carbocycles. The molecule has 0 aliphatic rings. The molecule has 0 atom stereocenters. The smallest absolute Gasteiger partial charge is 0.0718 e. The Kier molecular flexibility index (Phi) is 26.6. The van der Waals surface area contributed by atoms with Crippen LogP contribution in [-0.2, 0) is 0 Å².